The van der Waals surface area contributed by atoms with E-state index in [-0.39, 0.29) is 11.8 Å². The van der Waals surface area contributed by atoms with Gasteiger partial charge in [0.15, 0.2) is 0 Å². The molecule has 0 aromatic rings. The first-order valence-corrected chi connectivity index (χ1v) is 7.87. The van der Waals surface area contributed by atoms with Crippen LogP contribution in [-0.2, 0) is 9.59 Å². The maximum Gasteiger partial charge on any atom is 0.219 e. The molecule has 0 saturated heterocycles. The normalized spacial score (nSPS) is 10.7. The number of hydrogen-bond acceptors (Lipinski definition) is 2. The number of nitrogens with one attached hydrogen (secondary N) is 1. The van der Waals surface area contributed by atoms with Gasteiger partial charge in [-0.1, -0.05) is 46.5 Å². The van der Waals surface area contributed by atoms with Crippen LogP contribution in [0, 0.1) is 5.92 Å². The van der Waals surface area contributed by atoms with Gasteiger partial charge in [-0.3, -0.25) is 9.59 Å². The highest BCUT2D eigenvalue weighted by molar-refractivity contribution is 5.80. The maximum atomic E-state index is 11.5. The van der Waals surface area contributed by atoms with Gasteiger partial charge in [-0.15, -0.1) is 0 Å². The zero-order valence-corrected chi connectivity index (χ0v) is 13.0. The summed E-state index contributed by atoms with van der Waals surface area (Å²) >= 11 is 0. The molecule has 1 amide bonds. The van der Waals surface area contributed by atoms with Crippen molar-refractivity contribution < 1.29 is 9.59 Å². The standard InChI is InChI=1S/C16H31NO2/c1-4-5-6-9-12-16(19)17-13-10-7-8-11-15(18)14(2)3/h14H,4-13H2,1-3H3,(H,17,19). The molecule has 0 aliphatic rings. The SMILES string of the molecule is CCCCCCC(=O)NCCCCCC(=O)C(C)C. The first-order valence-electron chi connectivity index (χ1n) is 7.87. The largest absolute Gasteiger partial charge is 0.356 e. The zero-order valence-electron chi connectivity index (χ0n) is 13.0. The third kappa shape index (κ3) is 11.9. The molecule has 0 radical (unpaired) electrons. The predicted molar refractivity (Wildman–Crippen MR) is 80.1 cm³/mol. The van der Waals surface area contributed by atoms with Gasteiger partial charge in [-0.2, -0.15) is 0 Å². The van der Waals surface area contributed by atoms with Crippen LogP contribution in [0.3, 0.4) is 0 Å². The van der Waals surface area contributed by atoms with E-state index in [0.717, 1.165) is 38.6 Å². The molecule has 0 rings (SSSR count). The number of hydrogen-bond donors (Lipinski definition) is 1. The second kappa shape index (κ2) is 12.2. The Hall–Kier alpha value is -0.860. The second-order valence-corrected chi connectivity index (χ2v) is 5.59. The monoisotopic (exact) mass is 269 g/mol. The molecule has 0 aromatic heterocycles. The molecule has 0 aliphatic carbocycles. The lowest BCUT2D eigenvalue weighted by Crippen LogP contribution is -2.24. The Morgan fingerprint density at radius 3 is 2.16 bits per heavy atom. The van der Waals surface area contributed by atoms with Crippen molar-refractivity contribution in [1.82, 2.24) is 5.32 Å². The molecular formula is C16H31NO2. The Labute approximate surface area is 118 Å². The quantitative estimate of drug-likeness (QED) is 0.547. The molecule has 0 heterocycles. The van der Waals surface area contributed by atoms with Crippen molar-refractivity contribution >= 4 is 11.7 Å². The van der Waals surface area contributed by atoms with Gasteiger partial charge < -0.3 is 5.32 Å². The summed E-state index contributed by atoms with van der Waals surface area (Å²) in [5, 5.41) is 2.95. The van der Waals surface area contributed by atoms with E-state index in [4.69, 9.17) is 0 Å². The number of rotatable bonds is 12. The smallest absolute Gasteiger partial charge is 0.219 e. The van der Waals surface area contributed by atoms with Gasteiger partial charge in [0.2, 0.25) is 5.91 Å². The van der Waals surface area contributed by atoms with Crippen molar-refractivity contribution in [3.8, 4) is 0 Å². The first-order chi connectivity index (χ1) is 9.07. The zero-order chi connectivity index (χ0) is 14.5. The molecule has 3 nitrogen and oxygen atoms in total. The average molecular weight is 269 g/mol. The van der Waals surface area contributed by atoms with Gasteiger partial charge in [0.05, 0.1) is 0 Å². The first kappa shape index (κ1) is 18.1. The van der Waals surface area contributed by atoms with Crippen molar-refractivity contribution in [3.05, 3.63) is 0 Å². The molecule has 3 heteroatoms. The third-order valence-corrected chi connectivity index (χ3v) is 3.32. The molecule has 0 bridgehead atoms. The Bertz CT molecular complexity index is 249. The van der Waals surface area contributed by atoms with Crippen LogP contribution in [0.5, 0.6) is 0 Å². The number of amides is 1. The Morgan fingerprint density at radius 1 is 0.895 bits per heavy atom. The number of unbranched alkanes of at least 4 members (excludes halogenated alkanes) is 5. The molecule has 0 unspecified atom stereocenters. The highest BCUT2D eigenvalue weighted by Gasteiger charge is 2.06. The van der Waals surface area contributed by atoms with Crippen molar-refractivity contribution in [2.45, 2.75) is 78.6 Å². The maximum absolute atomic E-state index is 11.5. The molecule has 112 valence electrons. The van der Waals surface area contributed by atoms with Crippen molar-refractivity contribution in [3.63, 3.8) is 0 Å². The summed E-state index contributed by atoms with van der Waals surface area (Å²) in [6, 6.07) is 0. The molecule has 19 heavy (non-hydrogen) atoms. The fourth-order valence-corrected chi connectivity index (χ4v) is 1.92. The van der Waals surface area contributed by atoms with E-state index in [2.05, 4.69) is 12.2 Å². The average Bonchev–Trinajstić information content (AvgIpc) is 2.38. The second-order valence-electron chi connectivity index (χ2n) is 5.59. The lowest BCUT2D eigenvalue weighted by Gasteiger charge is -2.06. The number of carbonyl (C=O) groups excluding carboxylic acids is 2. The lowest BCUT2D eigenvalue weighted by atomic mass is 10.0. The molecule has 0 fully saturated rings. The highest BCUT2D eigenvalue weighted by Crippen LogP contribution is 2.06. The molecule has 0 saturated carbocycles. The minimum atomic E-state index is 0.155. The minimum Gasteiger partial charge on any atom is -0.356 e. The summed E-state index contributed by atoms with van der Waals surface area (Å²) in [5.74, 6) is 0.678. The van der Waals surface area contributed by atoms with Gasteiger partial charge in [-0.25, -0.2) is 0 Å². The summed E-state index contributed by atoms with van der Waals surface area (Å²) in [7, 11) is 0. The number of Topliss-reactive ketones (excluding diaryl/α,β-unsaturated/α-hetero) is 1. The topological polar surface area (TPSA) is 46.2 Å². The molecule has 0 aliphatic heterocycles. The Morgan fingerprint density at radius 2 is 1.53 bits per heavy atom. The molecule has 1 N–H and O–H groups in total. The van der Waals surface area contributed by atoms with Gasteiger partial charge in [0.1, 0.15) is 5.78 Å². The molecule has 0 spiro atoms. The Kier molecular flexibility index (Phi) is 11.6. The molecule has 0 aromatic carbocycles. The third-order valence-electron chi connectivity index (χ3n) is 3.32. The Balaban J connectivity index is 3.29. The highest BCUT2D eigenvalue weighted by atomic mass is 16.1. The van der Waals surface area contributed by atoms with E-state index < -0.39 is 0 Å². The van der Waals surface area contributed by atoms with E-state index >= 15 is 0 Å². The van der Waals surface area contributed by atoms with Gasteiger partial charge >= 0.3 is 0 Å². The van der Waals surface area contributed by atoms with Crippen LogP contribution in [0.25, 0.3) is 0 Å². The summed E-state index contributed by atoms with van der Waals surface area (Å²) in [4.78, 5) is 22.9. The molecular weight excluding hydrogens is 238 g/mol. The van der Waals surface area contributed by atoms with Gasteiger partial charge in [0.25, 0.3) is 0 Å². The van der Waals surface area contributed by atoms with Crippen LogP contribution < -0.4 is 5.32 Å². The summed E-state index contributed by atoms with van der Waals surface area (Å²) in [5.41, 5.74) is 0. The minimum absolute atomic E-state index is 0.155. The number of ketones is 1. The fraction of sp³-hybridized carbons (Fsp3) is 0.875. The lowest BCUT2D eigenvalue weighted by molar-refractivity contribution is -0.122. The summed E-state index contributed by atoms with van der Waals surface area (Å²) in [6.45, 7) is 6.81. The van der Waals surface area contributed by atoms with Crippen LogP contribution in [0.1, 0.15) is 78.6 Å². The van der Waals surface area contributed by atoms with Crippen molar-refractivity contribution in [2.75, 3.05) is 6.54 Å². The van der Waals surface area contributed by atoms with E-state index in [9.17, 15) is 9.59 Å². The number of carbonyl (C=O) groups is 2. The summed E-state index contributed by atoms with van der Waals surface area (Å²) < 4.78 is 0. The van der Waals surface area contributed by atoms with Gasteiger partial charge in [0, 0.05) is 25.3 Å². The van der Waals surface area contributed by atoms with Crippen LogP contribution in [0.15, 0.2) is 0 Å². The van der Waals surface area contributed by atoms with Crippen LogP contribution in [0.2, 0.25) is 0 Å². The van der Waals surface area contributed by atoms with Crippen LogP contribution >= 0.6 is 0 Å². The van der Waals surface area contributed by atoms with E-state index in [1.807, 2.05) is 13.8 Å². The van der Waals surface area contributed by atoms with Crippen molar-refractivity contribution in [1.29, 1.82) is 0 Å². The van der Waals surface area contributed by atoms with Crippen LogP contribution in [0.4, 0.5) is 0 Å². The summed E-state index contributed by atoms with van der Waals surface area (Å²) in [6.07, 6.45) is 8.87. The fourth-order valence-electron chi connectivity index (χ4n) is 1.92. The van der Waals surface area contributed by atoms with Gasteiger partial charge in [-0.05, 0) is 19.3 Å². The van der Waals surface area contributed by atoms with E-state index in [0.29, 0.717) is 18.6 Å². The van der Waals surface area contributed by atoms with E-state index in [1.165, 1.54) is 12.8 Å². The van der Waals surface area contributed by atoms with Crippen LogP contribution in [-0.4, -0.2) is 18.2 Å². The predicted octanol–water partition coefficient (Wildman–Crippen LogP) is 3.86. The van der Waals surface area contributed by atoms with Crippen molar-refractivity contribution in [2.24, 2.45) is 5.92 Å². The molecule has 0 atom stereocenters. The van der Waals surface area contributed by atoms with E-state index in [1.54, 1.807) is 0 Å².